The maximum Gasteiger partial charge on any atom is 0.0285 e. The third-order valence-electron chi connectivity index (χ3n) is 4.87. The molecule has 0 radical (unpaired) electrons. The van der Waals surface area contributed by atoms with E-state index in [0.717, 1.165) is 30.2 Å². The molecule has 1 aromatic rings. The summed E-state index contributed by atoms with van der Waals surface area (Å²) >= 11 is 5.51. The molecule has 0 spiro atoms. The molecule has 21 heavy (non-hydrogen) atoms. The minimum absolute atomic E-state index is 0.753. The maximum absolute atomic E-state index is 3.70. The second-order valence-corrected chi connectivity index (χ2v) is 9.01. The minimum Gasteiger partial charge on any atom is -0.316 e. The number of halogens is 1. The van der Waals surface area contributed by atoms with Gasteiger partial charge >= 0.3 is 0 Å². The second-order valence-electron chi connectivity index (χ2n) is 7.09. The Morgan fingerprint density at radius 2 is 2.14 bits per heavy atom. The number of thiophene rings is 1. The predicted octanol–water partition coefficient (Wildman–Crippen LogP) is 5.74. The zero-order chi connectivity index (χ0) is 15.2. The normalized spacial score (nSPS) is 26.4. The Bertz CT molecular complexity index is 415. The van der Waals surface area contributed by atoms with E-state index in [1.54, 1.807) is 4.88 Å². The summed E-state index contributed by atoms with van der Waals surface area (Å²) in [6.45, 7) is 9.32. The van der Waals surface area contributed by atoms with Crippen LogP contribution >= 0.6 is 27.3 Å². The van der Waals surface area contributed by atoms with Crippen molar-refractivity contribution in [2.24, 2.45) is 23.7 Å². The van der Waals surface area contributed by atoms with Gasteiger partial charge in [0.25, 0.3) is 0 Å². The number of nitrogens with one attached hydrogen (secondary N) is 1. The summed E-state index contributed by atoms with van der Waals surface area (Å²) in [5.74, 6) is 3.45. The zero-order valence-electron chi connectivity index (χ0n) is 13.7. The average Bonchev–Trinajstić information content (AvgIpc) is 2.85. The SMILES string of the molecule is CCC1CCC(CNCC(C)C)C(Cc2cc(Br)cs2)C1. The molecule has 2 rings (SSSR count). The molecule has 3 heteroatoms. The molecular weight excluding hydrogens is 342 g/mol. The first-order valence-electron chi connectivity index (χ1n) is 8.52. The van der Waals surface area contributed by atoms with Crippen molar-refractivity contribution in [3.05, 3.63) is 20.8 Å². The molecule has 3 atom stereocenters. The first-order chi connectivity index (χ1) is 10.1. The summed E-state index contributed by atoms with van der Waals surface area (Å²) in [5.41, 5.74) is 0. The molecule has 1 aromatic heterocycles. The molecule has 0 aliphatic heterocycles. The van der Waals surface area contributed by atoms with E-state index in [0.29, 0.717) is 0 Å². The largest absolute Gasteiger partial charge is 0.316 e. The van der Waals surface area contributed by atoms with E-state index < -0.39 is 0 Å². The smallest absolute Gasteiger partial charge is 0.0285 e. The predicted molar refractivity (Wildman–Crippen MR) is 98.0 cm³/mol. The van der Waals surface area contributed by atoms with Crippen molar-refractivity contribution in [1.82, 2.24) is 5.32 Å². The van der Waals surface area contributed by atoms with Crippen molar-refractivity contribution >= 4 is 27.3 Å². The molecular formula is C18H30BrNS. The van der Waals surface area contributed by atoms with E-state index in [-0.39, 0.29) is 0 Å². The highest BCUT2D eigenvalue weighted by molar-refractivity contribution is 9.10. The number of rotatable bonds is 7. The van der Waals surface area contributed by atoms with E-state index in [2.05, 4.69) is 53.5 Å². The fraction of sp³-hybridized carbons (Fsp3) is 0.778. The first kappa shape index (κ1) is 17.5. The molecule has 3 unspecified atom stereocenters. The van der Waals surface area contributed by atoms with Crippen molar-refractivity contribution in [2.75, 3.05) is 13.1 Å². The van der Waals surface area contributed by atoms with Crippen LogP contribution in [0.1, 0.15) is 51.3 Å². The van der Waals surface area contributed by atoms with Crippen LogP contribution in [0.5, 0.6) is 0 Å². The van der Waals surface area contributed by atoms with Gasteiger partial charge < -0.3 is 5.32 Å². The monoisotopic (exact) mass is 371 g/mol. The van der Waals surface area contributed by atoms with Gasteiger partial charge in [-0.1, -0.05) is 33.6 Å². The van der Waals surface area contributed by atoms with Gasteiger partial charge in [-0.25, -0.2) is 0 Å². The lowest BCUT2D eigenvalue weighted by Crippen LogP contribution is -2.35. The topological polar surface area (TPSA) is 12.0 Å². The van der Waals surface area contributed by atoms with Crippen LogP contribution in [0, 0.1) is 23.7 Å². The summed E-state index contributed by atoms with van der Waals surface area (Å²) in [5, 5.41) is 5.93. The van der Waals surface area contributed by atoms with Crippen LogP contribution in [0.4, 0.5) is 0 Å². The van der Waals surface area contributed by atoms with Gasteiger partial charge in [0.15, 0.2) is 0 Å². The van der Waals surface area contributed by atoms with Gasteiger partial charge in [-0.15, -0.1) is 11.3 Å². The van der Waals surface area contributed by atoms with Crippen molar-refractivity contribution in [1.29, 1.82) is 0 Å². The Morgan fingerprint density at radius 3 is 2.76 bits per heavy atom. The van der Waals surface area contributed by atoms with Gasteiger partial charge in [0, 0.05) is 14.7 Å². The van der Waals surface area contributed by atoms with E-state index >= 15 is 0 Å². The Morgan fingerprint density at radius 1 is 1.33 bits per heavy atom. The molecule has 1 aliphatic carbocycles. The average molecular weight is 372 g/mol. The lowest BCUT2D eigenvalue weighted by atomic mass is 9.71. The summed E-state index contributed by atoms with van der Waals surface area (Å²) in [6, 6.07) is 2.32. The van der Waals surface area contributed by atoms with Gasteiger partial charge in [0.2, 0.25) is 0 Å². The van der Waals surface area contributed by atoms with Crippen molar-refractivity contribution < 1.29 is 0 Å². The highest BCUT2D eigenvalue weighted by Crippen LogP contribution is 2.38. The molecule has 0 bridgehead atoms. The van der Waals surface area contributed by atoms with Gasteiger partial charge in [0.05, 0.1) is 0 Å². The lowest BCUT2D eigenvalue weighted by molar-refractivity contribution is 0.171. The molecule has 1 fully saturated rings. The van der Waals surface area contributed by atoms with E-state index in [4.69, 9.17) is 0 Å². The molecule has 1 nitrogen and oxygen atoms in total. The number of hydrogen-bond acceptors (Lipinski definition) is 2. The maximum atomic E-state index is 3.70. The van der Waals surface area contributed by atoms with Crippen LogP contribution in [0.2, 0.25) is 0 Å². The fourth-order valence-electron chi connectivity index (χ4n) is 3.59. The third kappa shape index (κ3) is 5.69. The van der Waals surface area contributed by atoms with Crippen molar-refractivity contribution in [3.63, 3.8) is 0 Å². The van der Waals surface area contributed by atoms with E-state index in [1.165, 1.54) is 43.1 Å². The van der Waals surface area contributed by atoms with Crippen LogP contribution < -0.4 is 5.32 Å². The van der Waals surface area contributed by atoms with E-state index in [9.17, 15) is 0 Å². The van der Waals surface area contributed by atoms with Crippen LogP contribution in [0.25, 0.3) is 0 Å². The Labute approximate surface area is 143 Å². The van der Waals surface area contributed by atoms with Crippen LogP contribution in [-0.4, -0.2) is 13.1 Å². The van der Waals surface area contributed by atoms with Gasteiger partial charge in [-0.05, 0) is 78.0 Å². The molecule has 1 aliphatic rings. The van der Waals surface area contributed by atoms with Gasteiger partial charge in [-0.2, -0.15) is 0 Å². The molecule has 0 aromatic carbocycles. The molecule has 1 N–H and O–H groups in total. The van der Waals surface area contributed by atoms with Crippen LogP contribution in [0.15, 0.2) is 15.9 Å². The van der Waals surface area contributed by atoms with Crippen molar-refractivity contribution in [2.45, 2.75) is 52.9 Å². The minimum atomic E-state index is 0.753. The number of hydrogen-bond donors (Lipinski definition) is 1. The van der Waals surface area contributed by atoms with Gasteiger partial charge in [0.1, 0.15) is 0 Å². The van der Waals surface area contributed by atoms with Crippen LogP contribution in [0.3, 0.4) is 0 Å². The highest BCUT2D eigenvalue weighted by atomic mass is 79.9. The van der Waals surface area contributed by atoms with Crippen molar-refractivity contribution in [3.8, 4) is 0 Å². The third-order valence-corrected chi connectivity index (χ3v) is 6.59. The molecule has 120 valence electrons. The zero-order valence-corrected chi connectivity index (χ0v) is 16.1. The van der Waals surface area contributed by atoms with Gasteiger partial charge in [-0.3, -0.25) is 0 Å². The molecule has 1 heterocycles. The standard InChI is InChI=1S/C18H30BrNS/c1-4-14-5-6-15(11-20-10-13(2)3)16(7-14)8-18-9-17(19)12-21-18/h9,12-16,20H,4-8,10-11H2,1-3H3. The summed E-state index contributed by atoms with van der Waals surface area (Å²) in [7, 11) is 0. The lowest BCUT2D eigenvalue weighted by Gasteiger charge is -2.36. The summed E-state index contributed by atoms with van der Waals surface area (Å²) in [6.07, 6.45) is 6.92. The molecule has 1 saturated carbocycles. The highest BCUT2D eigenvalue weighted by Gasteiger charge is 2.29. The van der Waals surface area contributed by atoms with E-state index in [1.807, 2.05) is 11.3 Å². The molecule has 0 saturated heterocycles. The first-order valence-corrected chi connectivity index (χ1v) is 10.2. The van der Waals surface area contributed by atoms with Crippen LogP contribution in [-0.2, 0) is 6.42 Å². The summed E-state index contributed by atoms with van der Waals surface area (Å²) < 4.78 is 1.25. The second kappa shape index (κ2) is 8.69. The Kier molecular flexibility index (Phi) is 7.24. The summed E-state index contributed by atoms with van der Waals surface area (Å²) in [4.78, 5) is 1.55. The molecule has 0 amide bonds. The fourth-order valence-corrected chi connectivity index (χ4v) is 5.14. The quantitative estimate of drug-likeness (QED) is 0.643. The Hall–Kier alpha value is 0.140. The Balaban J connectivity index is 1.92.